The molecule has 0 atom stereocenters. The molecule has 0 aliphatic heterocycles. The van der Waals surface area contributed by atoms with Crippen LogP contribution in [0.3, 0.4) is 0 Å². The summed E-state index contributed by atoms with van der Waals surface area (Å²) in [6.07, 6.45) is 0. The van der Waals surface area contributed by atoms with Gasteiger partial charge in [0.2, 0.25) is 0 Å². The highest BCUT2D eigenvalue weighted by Gasteiger charge is 2.38. The molecule has 0 saturated carbocycles. The number of benzene rings is 12. The zero-order valence-corrected chi connectivity index (χ0v) is 72.5. The largest absolute Gasteiger partial charge is 0.310 e. The molecule has 0 radical (unpaired) electrons. The number of aryl methyl sites for hydroxylation is 8. The van der Waals surface area contributed by atoms with Crippen molar-refractivity contribution in [3.05, 3.63) is 332 Å². The van der Waals surface area contributed by atoms with Crippen LogP contribution in [0.15, 0.2) is 243 Å². The molecule has 12 rings (SSSR count). The highest BCUT2D eigenvalue weighted by Crippen LogP contribution is 2.45. The van der Waals surface area contributed by atoms with Crippen LogP contribution >= 0.6 is 0 Å². The highest BCUT2D eigenvalue weighted by atomic mass is 28.9. The molecule has 12 aromatic carbocycles. The van der Waals surface area contributed by atoms with E-state index in [0.717, 1.165) is 45.5 Å². The minimum Gasteiger partial charge on any atom is -0.310 e. The third-order valence-electron chi connectivity index (χ3n) is 22.3. The van der Waals surface area contributed by atoms with Gasteiger partial charge in [-0.05, 0) is 314 Å². The van der Waals surface area contributed by atoms with Crippen LogP contribution in [0.4, 0.5) is 68.2 Å². The first-order valence-corrected chi connectivity index (χ1v) is 44.7. The lowest BCUT2D eigenvalue weighted by molar-refractivity contribution is 0.839. The molecule has 12 aromatic rings. The van der Waals surface area contributed by atoms with Crippen LogP contribution in [0.5, 0.6) is 0 Å². The van der Waals surface area contributed by atoms with Gasteiger partial charge in [0.1, 0.15) is 0 Å². The summed E-state index contributed by atoms with van der Waals surface area (Å²) < 4.78 is 0. The fourth-order valence-electron chi connectivity index (χ4n) is 16.1. The molecular formula is C104H120N4Si2. The molecule has 4 nitrogen and oxygen atoms in total. The summed E-state index contributed by atoms with van der Waals surface area (Å²) in [5.41, 5.74) is 35.5. The normalized spacial score (nSPS) is 11.7. The number of hydrogen-bond acceptors (Lipinski definition) is 4. The van der Waals surface area contributed by atoms with Gasteiger partial charge in [0.05, 0.1) is 15.8 Å². The van der Waals surface area contributed by atoms with Crippen molar-refractivity contribution < 1.29 is 0 Å². The first-order chi connectivity index (χ1) is 52.5. The SMILES string of the molecule is Cc1ccc(N(c2ccc(C)cc2)c2cc(C(C)C)c([Si](c3c(C(C)C)cc(N(c4ccc(C)cc4)c4ccc(C)cc4)cc3C(C)C)=[Si](c3c(C(C)C)cc(N(c4ccc(C)cc4)c4ccc(C)cc4)cc3C(C)C)c3c(C(C)C)cc(N(c4ccc(C)cc4)c4ccc(C)cc4)cc3C(C)C)c(C(C)C)c2)cc1. The molecule has 0 spiro atoms. The van der Waals surface area contributed by atoms with Crippen molar-refractivity contribution in [2.24, 2.45) is 0 Å². The minimum atomic E-state index is -2.18. The standard InChI is InChI=1S/C104H120N4Si2/c1-65(2)93-57-89(105(81-41-25-73(17)26-42-81)82-43-27-74(18)28-44-82)58-94(66(3)4)101(93)109(102-95(67(5)6)59-90(60-96(102)68(7)8)106(83-45-29-75(19)30-46-83)84-47-31-76(20)32-48-84)110(103-97(69(9)10)61-91(62-98(103)70(11)12)107(85-49-33-77(21)34-50-85)86-51-35-78(22)36-52-86)104-99(71(13)14)63-92(64-100(104)72(15)16)108(87-53-37-79(23)38-54-87)88-55-39-80(24)40-56-88/h25-72H,1-24H3. The lowest BCUT2D eigenvalue weighted by Gasteiger charge is -2.36. The molecule has 6 heteroatoms. The van der Waals surface area contributed by atoms with E-state index in [1.54, 1.807) is 20.7 Å². The molecule has 0 fully saturated rings. The van der Waals surface area contributed by atoms with Gasteiger partial charge in [0.25, 0.3) is 0 Å². The molecule has 0 aromatic heterocycles. The van der Waals surface area contributed by atoms with Crippen molar-refractivity contribution in [3.63, 3.8) is 0 Å². The van der Waals surface area contributed by atoms with Crippen LogP contribution in [0.2, 0.25) is 0 Å². The van der Waals surface area contributed by atoms with Gasteiger partial charge in [-0.2, -0.15) is 0 Å². The van der Waals surface area contributed by atoms with E-state index in [0.29, 0.717) is 0 Å². The molecule has 0 amide bonds. The Balaban J connectivity index is 1.38. The summed E-state index contributed by atoms with van der Waals surface area (Å²) >= 11 is 0. The summed E-state index contributed by atoms with van der Waals surface area (Å²) in [6.45, 7) is 57.8. The lowest BCUT2D eigenvalue weighted by atomic mass is 9.93. The summed E-state index contributed by atoms with van der Waals surface area (Å²) in [5.74, 6) is 1.07. The summed E-state index contributed by atoms with van der Waals surface area (Å²) in [5, 5.41) is 6.33. The van der Waals surface area contributed by atoms with E-state index in [1.807, 2.05) is 0 Å². The Labute approximate surface area is 665 Å². The molecular weight excluding hydrogens is 1360 g/mol. The van der Waals surface area contributed by atoms with E-state index < -0.39 is 15.8 Å². The predicted molar refractivity (Wildman–Crippen MR) is 485 cm³/mol. The third kappa shape index (κ3) is 16.9. The van der Waals surface area contributed by atoms with Gasteiger partial charge in [-0.1, -0.05) is 252 Å². The number of rotatable bonds is 24. The maximum absolute atomic E-state index is 2.68. The maximum atomic E-state index is 2.68. The number of nitrogens with zero attached hydrogens (tertiary/aromatic N) is 4. The molecule has 110 heavy (non-hydrogen) atoms. The summed E-state index contributed by atoms with van der Waals surface area (Å²) in [4.78, 5) is 10.2. The van der Waals surface area contributed by atoms with Crippen LogP contribution < -0.4 is 40.3 Å². The first kappa shape index (κ1) is 79.8. The fraction of sp³-hybridized carbons (Fsp3) is 0.308. The van der Waals surface area contributed by atoms with Gasteiger partial charge in [-0.25, -0.2) is 0 Å². The van der Waals surface area contributed by atoms with E-state index in [2.05, 4.69) is 428 Å². The van der Waals surface area contributed by atoms with Crippen LogP contribution in [0.1, 0.15) is 247 Å². The quantitative estimate of drug-likeness (QED) is 0.0559. The Hall–Kier alpha value is -9.73. The van der Waals surface area contributed by atoms with Gasteiger partial charge in [0.15, 0.2) is 0 Å². The zero-order chi connectivity index (χ0) is 78.8. The third-order valence-corrected chi connectivity index (χ3v) is 31.6. The second-order valence-electron chi connectivity index (χ2n) is 34.0. The second kappa shape index (κ2) is 33.9. The van der Waals surface area contributed by atoms with Crippen LogP contribution in [-0.2, 0) is 0 Å². The second-order valence-corrected chi connectivity index (χ2v) is 40.5. The van der Waals surface area contributed by atoms with E-state index >= 15 is 0 Å². The van der Waals surface area contributed by atoms with Gasteiger partial charge in [0, 0.05) is 68.2 Å². The van der Waals surface area contributed by atoms with Crippen molar-refractivity contribution in [2.45, 2.75) is 214 Å². The van der Waals surface area contributed by atoms with Crippen molar-refractivity contribution in [1.82, 2.24) is 0 Å². The topological polar surface area (TPSA) is 13.0 Å². The lowest BCUT2D eigenvalue weighted by Crippen LogP contribution is -2.58. The Morgan fingerprint density at radius 3 is 0.345 bits per heavy atom. The Morgan fingerprint density at radius 1 is 0.155 bits per heavy atom. The molecule has 0 unspecified atom stereocenters. The van der Waals surface area contributed by atoms with E-state index in [9.17, 15) is 0 Å². The summed E-state index contributed by atoms with van der Waals surface area (Å²) in [7, 11) is -4.35. The molecule has 0 aliphatic rings. The molecule has 0 N–H and O–H groups in total. The Bertz CT molecular complexity index is 4270. The summed E-state index contributed by atoms with van der Waals surface area (Å²) in [6, 6.07) is 95.3. The van der Waals surface area contributed by atoms with Crippen LogP contribution in [0, 0.1) is 55.4 Å². The number of anilines is 12. The molecule has 0 saturated heterocycles. The van der Waals surface area contributed by atoms with Crippen LogP contribution in [0.25, 0.3) is 0 Å². The van der Waals surface area contributed by atoms with E-state index in [1.165, 1.54) is 112 Å². The minimum absolute atomic E-state index is 0.134. The van der Waals surface area contributed by atoms with Gasteiger partial charge >= 0.3 is 0 Å². The fourth-order valence-corrected chi connectivity index (χ4v) is 29.2. The van der Waals surface area contributed by atoms with E-state index in [-0.39, 0.29) is 47.3 Å². The van der Waals surface area contributed by atoms with Crippen molar-refractivity contribution >= 4 is 105 Å². The van der Waals surface area contributed by atoms with Crippen LogP contribution in [-0.4, -0.2) is 15.8 Å². The van der Waals surface area contributed by atoms with Crippen molar-refractivity contribution in [3.8, 4) is 0 Å². The molecule has 0 heterocycles. The molecule has 0 aliphatic carbocycles. The van der Waals surface area contributed by atoms with E-state index in [4.69, 9.17) is 0 Å². The van der Waals surface area contributed by atoms with Gasteiger partial charge < -0.3 is 19.6 Å². The average Bonchev–Trinajstić information content (AvgIpc) is 0.711. The van der Waals surface area contributed by atoms with Crippen molar-refractivity contribution in [1.29, 1.82) is 0 Å². The average molecular weight is 1480 g/mol. The first-order valence-electron chi connectivity index (χ1n) is 40.7. The Morgan fingerprint density at radius 2 is 0.255 bits per heavy atom. The van der Waals surface area contributed by atoms with Gasteiger partial charge in [-0.15, -0.1) is 0 Å². The Kier molecular flexibility index (Phi) is 24.6. The van der Waals surface area contributed by atoms with Gasteiger partial charge in [-0.3, -0.25) is 0 Å². The zero-order valence-electron chi connectivity index (χ0n) is 70.5. The maximum Gasteiger partial charge on any atom is 0.0702 e. The molecule has 0 bridgehead atoms. The number of hydrogen-bond donors (Lipinski definition) is 0. The predicted octanol–water partition coefficient (Wildman–Crippen LogP) is 28.0. The molecule has 564 valence electrons. The monoisotopic (exact) mass is 1480 g/mol. The highest BCUT2D eigenvalue weighted by molar-refractivity contribution is 7.20. The van der Waals surface area contributed by atoms with Crippen molar-refractivity contribution in [2.75, 3.05) is 19.6 Å². The smallest absolute Gasteiger partial charge is 0.0702 e.